The summed E-state index contributed by atoms with van der Waals surface area (Å²) in [6, 6.07) is 3.96. The van der Waals surface area contributed by atoms with Crippen molar-refractivity contribution in [1.29, 1.82) is 0 Å². The zero-order valence-corrected chi connectivity index (χ0v) is 18.6. The molecule has 0 saturated carbocycles. The molecule has 9 nitrogen and oxygen atoms in total. The van der Waals surface area contributed by atoms with E-state index in [9.17, 15) is 4.79 Å². The first-order valence-electron chi connectivity index (χ1n) is 10.2. The summed E-state index contributed by atoms with van der Waals surface area (Å²) in [7, 11) is 6.63. The zero-order chi connectivity index (χ0) is 21.9. The van der Waals surface area contributed by atoms with Gasteiger partial charge in [-0.3, -0.25) is 4.99 Å². The van der Waals surface area contributed by atoms with Gasteiger partial charge in [-0.2, -0.15) is 0 Å². The van der Waals surface area contributed by atoms with E-state index in [1.807, 2.05) is 19.1 Å². The van der Waals surface area contributed by atoms with E-state index in [1.54, 1.807) is 33.3 Å². The van der Waals surface area contributed by atoms with Gasteiger partial charge in [0.05, 0.1) is 27.9 Å². The Kier molecular flexibility index (Phi) is 9.37. The number of carbonyl (C=O) groups excluding carboxylic acids is 1. The minimum atomic E-state index is -0.235. The van der Waals surface area contributed by atoms with Gasteiger partial charge in [0.2, 0.25) is 0 Å². The van der Waals surface area contributed by atoms with Crippen LogP contribution in [0.25, 0.3) is 0 Å². The minimum Gasteiger partial charge on any atom is -0.496 e. The van der Waals surface area contributed by atoms with E-state index in [0.29, 0.717) is 38.4 Å². The van der Waals surface area contributed by atoms with Crippen molar-refractivity contribution < 1.29 is 23.7 Å². The van der Waals surface area contributed by atoms with Gasteiger partial charge in [-0.1, -0.05) is 0 Å². The highest BCUT2D eigenvalue weighted by Crippen LogP contribution is 2.34. The molecule has 1 aromatic carbocycles. The van der Waals surface area contributed by atoms with E-state index < -0.39 is 0 Å². The van der Waals surface area contributed by atoms with E-state index in [4.69, 9.17) is 18.9 Å². The van der Waals surface area contributed by atoms with Gasteiger partial charge >= 0.3 is 6.09 Å². The molecule has 0 radical (unpaired) electrons. The molecular formula is C21H34N4O5. The molecule has 1 saturated heterocycles. The highest BCUT2D eigenvalue weighted by Gasteiger charge is 2.24. The van der Waals surface area contributed by atoms with Crippen molar-refractivity contribution in [3.05, 3.63) is 17.7 Å². The lowest BCUT2D eigenvalue weighted by molar-refractivity contribution is 0.0963. The molecule has 1 amide bonds. The van der Waals surface area contributed by atoms with Crippen LogP contribution < -0.4 is 24.8 Å². The summed E-state index contributed by atoms with van der Waals surface area (Å²) >= 11 is 0. The molecule has 168 valence electrons. The number of guanidine groups is 1. The Labute approximate surface area is 178 Å². The third kappa shape index (κ3) is 6.33. The van der Waals surface area contributed by atoms with Gasteiger partial charge in [0.15, 0.2) is 5.96 Å². The third-order valence-electron chi connectivity index (χ3n) is 5.07. The lowest BCUT2D eigenvalue weighted by Gasteiger charge is -2.32. The van der Waals surface area contributed by atoms with Crippen molar-refractivity contribution in [3.8, 4) is 17.2 Å². The Morgan fingerprint density at radius 2 is 1.77 bits per heavy atom. The van der Waals surface area contributed by atoms with Crippen LogP contribution in [0.15, 0.2) is 17.1 Å². The fourth-order valence-electron chi connectivity index (χ4n) is 3.44. The van der Waals surface area contributed by atoms with Crippen molar-refractivity contribution in [1.82, 2.24) is 15.5 Å². The van der Waals surface area contributed by atoms with Crippen LogP contribution in [-0.2, 0) is 11.2 Å². The fraction of sp³-hybridized carbons (Fsp3) is 0.619. The average molecular weight is 423 g/mol. The molecule has 2 N–H and O–H groups in total. The number of likely N-dealkylation sites (tertiary alicyclic amines) is 1. The monoisotopic (exact) mass is 422 g/mol. The van der Waals surface area contributed by atoms with Crippen LogP contribution in [0.4, 0.5) is 4.79 Å². The summed E-state index contributed by atoms with van der Waals surface area (Å²) in [6.45, 7) is 4.22. The van der Waals surface area contributed by atoms with Crippen molar-refractivity contribution in [2.75, 3.05) is 54.6 Å². The average Bonchev–Trinajstić information content (AvgIpc) is 2.78. The molecule has 1 aliphatic heterocycles. The molecule has 0 aliphatic carbocycles. The Bertz CT molecular complexity index is 692. The first-order chi connectivity index (χ1) is 14.6. The molecule has 2 rings (SSSR count). The standard InChI is InChI=1S/C21H34N4O5/c1-6-30-21(26)25-11-8-15(9-12-25)24-20(22-2)23-10-7-17-18(28-4)13-16(27-3)14-19(17)29-5/h13-15H,6-12H2,1-5H3,(H2,22,23,24). The molecule has 0 unspecified atom stereocenters. The highest BCUT2D eigenvalue weighted by atomic mass is 16.6. The van der Waals surface area contributed by atoms with E-state index >= 15 is 0 Å². The molecule has 1 heterocycles. The number of hydrogen-bond acceptors (Lipinski definition) is 6. The topological polar surface area (TPSA) is 93.7 Å². The van der Waals surface area contributed by atoms with Crippen LogP contribution in [0.2, 0.25) is 0 Å². The molecule has 1 aliphatic rings. The first kappa shape index (κ1) is 23.4. The number of rotatable bonds is 8. The maximum Gasteiger partial charge on any atom is 0.409 e. The van der Waals surface area contributed by atoms with Crippen LogP contribution in [-0.4, -0.2) is 77.6 Å². The Morgan fingerprint density at radius 3 is 2.27 bits per heavy atom. The summed E-state index contributed by atoms with van der Waals surface area (Å²) in [5.41, 5.74) is 0.964. The van der Waals surface area contributed by atoms with Crippen LogP contribution in [0, 0.1) is 0 Å². The molecule has 1 aromatic rings. The Balaban J connectivity index is 1.87. The molecular weight excluding hydrogens is 388 g/mol. The van der Waals surface area contributed by atoms with Gasteiger partial charge in [0, 0.05) is 50.4 Å². The second-order valence-electron chi connectivity index (χ2n) is 6.86. The van der Waals surface area contributed by atoms with Crippen molar-refractivity contribution in [3.63, 3.8) is 0 Å². The molecule has 30 heavy (non-hydrogen) atoms. The van der Waals surface area contributed by atoms with Gasteiger partial charge in [-0.25, -0.2) is 4.79 Å². The predicted octanol–water partition coefficient (Wildman–Crippen LogP) is 2.04. The molecule has 1 fully saturated rings. The van der Waals surface area contributed by atoms with Crippen LogP contribution in [0.3, 0.4) is 0 Å². The Hall–Kier alpha value is -2.84. The number of ether oxygens (including phenoxy) is 4. The zero-order valence-electron chi connectivity index (χ0n) is 18.6. The van der Waals surface area contributed by atoms with Crippen molar-refractivity contribution in [2.45, 2.75) is 32.2 Å². The second-order valence-corrected chi connectivity index (χ2v) is 6.86. The van der Waals surface area contributed by atoms with E-state index in [2.05, 4.69) is 15.6 Å². The Morgan fingerprint density at radius 1 is 1.13 bits per heavy atom. The molecule has 9 heteroatoms. The highest BCUT2D eigenvalue weighted by molar-refractivity contribution is 5.80. The van der Waals surface area contributed by atoms with Crippen LogP contribution >= 0.6 is 0 Å². The number of hydrogen-bond donors (Lipinski definition) is 2. The van der Waals surface area contributed by atoms with Crippen LogP contribution in [0.1, 0.15) is 25.3 Å². The predicted molar refractivity (Wildman–Crippen MR) is 116 cm³/mol. The summed E-state index contributed by atoms with van der Waals surface area (Å²) < 4.78 is 21.4. The first-order valence-corrected chi connectivity index (χ1v) is 10.2. The van der Waals surface area contributed by atoms with Gasteiger partial charge in [0.1, 0.15) is 17.2 Å². The van der Waals surface area contributed by atoms with Gasteiger partial charge in [-0.15, -0.1) is 0 Å². The maximum atomic E-state index is 11.8. The van der Waals surface area contributed by atoms with E-state index in [0.717, 1.165) is 35.9 Å². The normalized spacial score (nSPS) is 14.8. The van der Waals surface area contributed by atoms with Crippen molar-refractivity contribution in [2.24, 2.45) is 4.99 Å². The number of carbonyl (C=O) groups is 1. The third-order valence-corrected chi connectivity index (χ3v) is 5.07. The van der Waals surface area contributed by atoms with E-state index in [1.165, 1.54) is 0 Å². The minimum absolute atomic E-state index is 0.235. The molecule has 0 aromatic heterocycles. The van der Waals surface area contributed by atoms with Gasteiger partial charge < -0.3 is 34.5 Å². The van der Waals surface area contributed by atoms with E-state index in [-0.39, 0.29) is 12.1 Å². The quantitative estimate of drug-likeness (QED) is 0.489. The van der Waals surface area contributed by atoms with Gasteiger partial charge in [-0.05, 0) is 26.2 Å². The number of piperidine rings is 1. The number of nitrogens with one attached hydrogen (secondary N) is 2. The largest absolute Gasteiger partial charge is 0.496 e. The fourth-order valence-corrected chi connectivity index (χ4v) is 3.44. The smallest absolute Gasteiger partial charge is 0.409 e. The summed E-state index contributed by atoms with van der Waals surface area (Å²) in [5, 5.41) is 6.78. The van der Waals surface area contributed by atoms with Crippen molar-refractivity contribution >= 4 is 12.1 Å². The summed E-state index contributed by atoms with van der Waals surface area (Å²) in [5.74, 6) is 2.87. The summed E-state index contributed by atoms with van der Waals surface area (Å²) in [4.78, 5) is 17.9. The molecule has 0 bridgehead atoms. The lowest BCUT2D eigenvalue weighted by atomic mass is 10.1. The number of methoxy groups -OCH3 is 3. The maximum absolute atomic E-state index is 11.8. The number of nitrogens with zero attached hydrogens (tertiary/aromatic N) is 2. The SMILES string of the molecule is CCOC(=O)N1CCC(NC(=NC)NCCc2c(OC)cc(OC)cc2OC)CC1. The summed E-state index contributed by atoms with van der Waals surface area (Å²) in [6.07, 6.45) is 2.15. The number of benzene rings is 1. The van der Waals surface area contributed by atoms with Gasteiger partial charge in [0.25, 0.3) is 0 Å². The second kappa shape index (κ2) is 12.0. The number of amides is 1. The number of aliphatic imine (C=N–C) groups is 1. The van der Waals surface area contributed by atoms with Crippen LogP contribution in [0.5, 0.6) is 17.2 Å². The molecule has 0 atom stereocenters. The molecule has 0 spiro atoms. The lowest BCUT2D eigenvalue weighted by Crippen LogP contribution is -2.50.